The van der Waals surface area contributed by atoms with Crippen molar-refractivity contribution in [3.63, 3.8) is 0 Å². The van der Waals surface area contributed by atoms with E-state index in [9.17, 15) is 14.7 Å². The zero-order valence-electron chi connectivity index (χ0n) is 16.9. The van der Waals surface area contributed by atoms with Crippen molar-refractivity contribution in [1.82, 2.24) is 19.1 Å². The highest BCUT2D eigenvalue weighted by molar-refractivity contribution is 9.10. The van der Waals surface area contributed by atoms with Gasteiger partial charge in [0.25, 0.3) is 5.56 Å². The van der Waals surface area contributed by atoms with Crippen molar-refractivity contribution in [2.24, 2.45) is 12.1 Å². The molecule has 0 radical (unpaired) electrons. The van der Waals surface area contributed by atoms with Gasteiger partial charge in [-0.2, -0.15) is 10.1 Å². The summed E-state index contributed by atoms with van der Waals surface area (Å²) in [5.41, 5.74) is 2.57. The van der Waals surface area contributed by atoms with Gasteiger partial charge in [0, 0.05) is 17.1 Å². The molecule has 10 nitrogen and oxygen atoms in total. The van der Waals surface area contributed by atoms with Crippen LogP contribution in [-0.2, 0) is 13.6 Å². The summed E-state index contributed by atoms with van der Waals surface area (Å²) in [6, 6.07) is 14.2. The molecule has 0 aliphatic carbocycles. The van der Waals surface area contributed by atoms with Crippen molar-refractivity contribution in [1.29, 1.82) is 0 Å². The number of fused-ring (bicyclic) bond motifs is 1. The number of phenolic OH excluding ortho intramolecular Hbond substituents is 1. The molecule has 3 N–H and O–H groups in total. The quantitative estimate of drug-likeness (QED) is 0.265. The largest absolute Gasteiger partial charge is 0.507 e. The molecule has 0 unspecified atom stereocenters. The molecule has 0 amide bonds. The number of nitrogens with one attached hydrogen (secondary N) is 2. The Bertz CT molecular complexity index is 1410. The van der Waals surface area contributed by atoms with E-state index in [2.05, 4.69) is 36.4 Å². The highest BCUT2D eigenvalue weighted by atomic mass is 79.9. The van der Waals surface area contributed by atoms with Gasteiger partial charge in [0.1, 0.15) is 18.1 Å². The number of aromatic nitrogens is 4. The summed E-state index contributed by atoms with van der Waals surface area (Å²) in [6.45, 7) is 0.523. The van der Waals surface area contributed by atoms with Gasteiger partial charge in [-0.15, -0.1) is 0 Å². The van der Waals surface area contributed by atoms with E-state index in [1.165, 1.54) is 23.9 Å². The summed E-state index contributed by atoms with van der Waals surface area (Å²) in [4.78, 5) is 31.2. The molecule has 0 spiro atoms. The fourth-order valence-electron chi connectivity index (χ4n) is 3.10. The maximum Gasteiger partial charge on any atom is 0.329 e. The van der Waals surface area contributed by atoms with Crippen molar-refractivity contribution in [2.75, 3.05) is 12.0 Å². The standard InChI is InChI=1S/C21H19BrN6O4/c1-27-18-17(19(30)25-21(27)31)28(9-10-32-15-5-3-2-4-6-15)20(24-18)26-23-12-13-11-14(22)7-8-16(13)29/h2-8,11-12,29H,9-10H2,1H3,(H,24,26)(H,25,30,31)/b23-12+. The monoisotopic (exact) mass is 498 g/mol. The Kier molecular flexibility index (Phi) is 6.08. The SMILES string of the molecule is Cn1c(=O)[nH]c(=O)c2c1nc(N/N=C/c1cc(Br)ccc1O)n2CCOc1ccccc1. The Hall–Kier alpha value is -3.86. The highest BCUT2D eigenvalue weighted by Gasteiger charge is 2.17. The number of hydrogen-bond donors (Lipinski definition) is 3. The third kappa shape index (κ3) is 4.42. The molecule has 11 heteroatoms. The van der Waals surface area contributed by atoms with Crippen LogP contribution in [0.2, 0.25) is 0 Å². The van der Waals surface area contributed by atoms with Crippen LogP contribution in [-0.4, -0.2) is 37.0 Å². The van der Waals surface area contributed by atoms with Gasteiger partial charge in [-0.05, 0) is 30.3 Å². The highest BCUT2D eigenvalue weighted by Crippen LogP contribution is 2.20. The van der Waals surface area contributed by atoms with E-state index in [1.54, 1.807) is 16.7 Å². The first kappa shape index (κ1) is 21.4. The van der Waals surface area contributed by atoms with Crippen molar-refractivity contribution < 1.29 is 9.84 Å². The maximum absolute atomic E-state index is 12.5. The molecule has 0 aliphatic heterocycles. The minimum absolute atomic E-state index is 0.0577. The number of hydrazone groups is 1. The van der Waals surface area contributed by atoms with E-state index in [4.69, 9.17) is 4.74 Å². The van der Waals surface area contributed by atoms with Gasteiger partial charge in [-0.3, -0.25) is 18.9 Å². The third-order valence-electron chi connectivity index (χ3n) is 4.69. The average molecular weight is 499 g/mol. The normalized spacial score (nSPS) is 11.3. The fourth-order valence-corrected chi connectivity index (χ4v) is 3.48. The summed E-state index contributed by atoms with van der Waals surface area (Å²) >= 11 is 3.34. The van der Waals surface area contributed by atoms with E-state index in [0.29, 0.717) is 11.3 Å². The fraction of sp³-hybridized carbons (Fsp3) is 0.143. The number of hydrogen-bond acceptors (Lipinski definition) is 7. The van der Waals surface area contributed by atoms with E-state index < -0.39 is 11.2 Å². The molecule has 0 fully saturated rings. The lowest BCUT2D eigenvalue weighted by Gasteiger charge is -2.10. The predicted molar refractivity (Wildman–Crippen MR) is 125 cm³/mol. The number of ether oxygens (including phenoxy) is 1. The van der Waals surface area contributed by atoms with Crippen molar-refractivity contribution in [3.05, 3.63) is 79.4 Å². The number of anilines is 1. The number of H-pyrrole nitrogens is 1. The number of benzene rings is 2. The number of nitrogens with zero attached hydrogens (tertiary/aromatic N) is 4. The third-order valence-corrected chi connectivity index (χ3v) is 5.18. The summed E-state index contributed by atoms with van der Waals surface area (Å²) in [6.07, 6.45) is 1.42. The molecule has 164 valence electrons. The van der Waals surface area contributed by atoms with Gasteiger partial charge in [0.05, 0.1) is 12.8 Å². The van der Waals surface area contributed by atoms with Crippen LogP contribution >= 0.6 is 15.9 Å². The summed E-state index contributed by atoms with van der Waals surface area (Å²) in [5.74, 6) is 0.993. The van der Waals surface area contributed by atoms with Crippen LogP contribution in [0.15, 0.2) is 67.7 Å². The second kappa shape index (κ2) is 9.10. The molecule has 4 aromatic rings. The molecule has 2 heterocycles. The molecular formula is C21H19BrN6O4. The second-order valence-electron chi connectivity index (χ2n) is 6.81. The number of rotatable bonds is 7. The summed E-state index contributed by atoms with van der Waals surface area (Å²) in [7, 11) is 1.52. The Labute approximate surface area is 189 Å². The molecule has 2 aromatic carbocycles. The van der Waals surface area contributed by atoms with Gasteiger partial charge in [-0.25, -0.2) is 10.2 Å². The zero-order chi connectivity index (χ0) is 22.7. The molecule has 0 atom stereocenters. The smallest absolute Gasteiger partial charge is 0.329 e. The number of phenols is 1. The minimum Gasteiger partial charge on any atom is -0.507 e. The number of aromatic amines is 1. The van der Waals surface area contributed by atoms with Crippen molar-refractivity contribution >= 4 is 39.3 Å². The Balaban J connectivity index is 1.66. The van der Waals surface area contributed by atoms with Crippen LogP contribution in [0.5, 0.6) is 11.5 Å². The molecule has 0 aliphatic rings. The molecule has 2 aromatic heterocycles. The lowest BCUT2D eigenvalue weighted by atomic mass is 10.2. The molecule has 0 bridgehead atoms. The number of para-hydroxylation sites is 1. The first-order valence-corrected chi connectivity index (χ1v) is 10.4. The second-order valence-corrected chi connectivity index (χ2v) is 7.73. The van der Waals surface area contributed by atoms with Crippen LogP contribution < -0.4 is 21.4 Å². The van der Waals surface area contributed by atoms with Gasteiger partial charge < -0.3 is 9.84 Å². The van der Waals surface area contributed by atoms with Crippen LogP contribution in [0, 0.1) is 0 Å². The lowest BCUT2D eigenvalue weighted by Crippen LogP contribution is -2.29. The number of imidazole rings is 1. The van der Waals surface area contributed by atoms with E-state index in [1.807, 2.05) is 30.3 Å². The molecule has 0 saturated heterocycles. The van der Waals surface area contributed by atoms with Gasteiger partial charge >= 0.3 is 5.69 Å². The summed E-state index contributed by atoms with van der Waals surface area (Å²) < 4.78 is 9.37. The predicted octanol–water partition coefficient (Wildman–Crippen LogP) is 2.42. The molecule has 4 rings (SSSR count). The van der Waals surface area contributed by atoms with Gasteiger partial charge in [-0.1, -0.05) is 34.1 Å². The van der Waals surface area contributed by atoms with E-state index in [-0.39, 0.29) is 36.0 Å². The molecule has 0 saturated carbocycles. The van der Waals surface area contributed by atoms with Crippen LogP contribution in [0.25, 0.3) is 11.2 Å². The first-order chi connectivity index (χ1) is 15.4. The number of halogens is 1. The first-order valence-electron chi connectivity index (χ1n) is 9.59. The molecule has 32 heavy (non-hydrogen) atoms. The lowest BCUT2D eigenvalue weighted by molar-refractivity contribution is 0.301. The number of aryl methyl sites for hydroxylation is 1. The number of aromatic hydroxyl groups is 1. The topological polar surface area (TPSA) is 127 Å². The average Bonchev–Trinajstić information content (AvgIpc) is 3.14. The zero-order valence-corrected chi connectivity index (χ0v) is 18.5. The van der Waals surface area contributed by atoms with Gasteiger partial charge in [0.15, 0.2) is 11.2 Å². The Morgan fingerprint density at radius 2 is 2.03 bits per heavy atom. The Morgan fingerprint density at radius 3 is 2.81 bits per heavy atom. The Morgan fingerprint density at radius 1 is 1.25 bits per heavy atom. The summed E-state index contributed by atoms with van der Waals surface area (Å²) in [5, 5.41) is 14.1. The van der Waals surface area contributed by atoms with E-state index in [0.717, 1.165) is 4.47 Å². The van der Waals surface area contributed by atoms with E-state index >= 15 is 0 Å². The van der Waals surface area contributed by atoms with Crippen LogP contribution in [0.1, 0.15) is 5.56 Å². The van der Waals surface area contributed by atoms with Crippen LogP contribution in [0.4, 0.5) is 5.95 Å². The minimum atomic E-state index is -0.568. The van der Waals surface area contributed by atoms with Crippen LogP contribution in [0.3, 0.4) is 0 Å². The van der Waals surface area contributed by atoms with Crippen molar-refractivity contribution in [3.8, 4) is 11.5 Å². The maximum atomic E-state index is 12.5. The van der Waals surface area contributed by atoms with Gasteiger partial charge in [0.2, 0.25) is 5.95 Å². The van der Waals surface area contributed by atoms with Crippen molar-refractivity contribution in [2.45, 2.75) is 6.54 Å². The molecular weight excluding hydrogens is 480 g/mol.